The third-order valence-corrected chi connectivity index (χ3v) is 8.28. The topological polar surface area (TPSA) is 101 Å². The van der Waals surface area contributed by atoms with Gasteiger partial charge in [-0.3, -0.25) is 9.59 Å². The molecule has 0 spiro atoms. The van der Waals surface area contributed by atoms with Crippen molar-refractivity contribution >= 4 is 56.7 Å². The van der Waals surface area contributed by atoms with Gasteiger partial charge in [0.15, 0.2) is 0 Å². The molecule has 11 heteroatoms. The lowest BCUT2D eigenvalue weighted by molar-refractivity contribution is -0.122. The molecule has 0 aromatic heterocycles. The summed E-state index contributed by atoms with van der Waals surface area (Å²) in [5.74, 6) is -1.77. The highest BCUT2D eigenvalue weighted by Crippen LogP contribution is 2.34. The molecule has 0 N–H and O–H groups in total. The Kier molecular flexibility index (Phi) is 8.02. The molecule has 2 amide bonds. The zero-order valence-electron chi connectivity index (χ0n) is 18.8. The largest absolute Gasteiger partial charge is 0.462 e. The Bertz CT molecular complexity index is 1220. The number of amides is 2. The fourth-order valence-electron chi connectivity index (χ4n) is 3.73. The number of hydrogen-bond acceptors (Lipinski definition) is 6. The fourth-order valence-corrected chi connectivity index (χ4v) is 6.31. The number of ether oxygens (including phenoxy) is 1. The SMILES string of the molecule is CCOC(=O)c1ccc(N2C(=O)CC(N(C(C)CC)S(=O)(=O)c3cc(Cl)ccc3Cl)C2=O)cc1. The van der Waals surface area contributed by atoms with E-state index in [1.807, 2.05) is 0 Å². The Morgan fingerprint density at radius 3 is 2.38 bits per heavy atom. The van der Waals surface area contributed by atoms with E-state index in [0.717, 1.165) is 9.21 Å². The van der Waals surface area contributed by atoms with E-state index >= 15 is 0 Å². The second kappa shape index (κ2) is 10.4. The lowest BCUT2D eigenvalue weighted by Gasteiger charge is -2.32. The van der Waals surface area contributed by atoms with Crippen molar-refractivity contribution in [2.24, 2.45) is 0 Å². The lowest BCUT2D eigenvalue weighted by Crippen LogP contribution is -2.49. The molecule has 2 atom stereocenters. The Labute approximate surface area is 208 Å². The van der Waals surface area contributed by atoms with Crippen LogP contribution in [0.1, 0.15) is 44.0 Å². The third-order valence-electron chi connectivity index (χ3n) is 5.54. The molecule has 8 nitrogen and oxygen atoms in total. The average Bonchev–Trinajstić information content (AvgIpc) is 3.08. The number of anilines is 1. The van der Waals surface area contributed by atoms with Gasteiger partial charge < -0.3 is 4.74 Å². The molecule has 0 saturated carbocycles. The van der Waals surface area contributed by atoms with Crippen molar-refractivity contribution in [2.45, 2.75) is 50.6 Å². The first-order valence-corrected chi connectivity index (χ1v) is 12.8. The first kappa shape index (κ1) is 26.2. The van der Waals surface area contributed by atoms with Gasteiger partial charge in [-0.25, -0.2) is 18.1 Å². The molecule has 1 aliphatic rings. The van der Waals surface area contributed by atoms with Crippen LogP contribution in [0.2, 0.25) is 10.0 Å². The van der Waals surface area contributed by atoms with Crippen molar-refractivity contribution < 1.29 is 27.5 Å². The van der Waals surface area contributed by atoms with E-state index in [-0.39, 0.29) is 39.2 Å². The first-order valence-electron chi connectivity index (χ1n) is 10.7. The van der Waals surface area contributed by atoms with Crippen LogP contribution in [0, 0.1) is 0 Å². The number of esters is 1. The van der Waals surface area contributed by atoms with Gasteiger partial charge in [0, 0.05) is 11.1 Å². The zero-order chi connectivity index (χ0) is 25.2. The molecule has 0 bridgehead atoms. The molecule has 182 valence electrons. The molecular weight excluding hydrogens is 503 g/mol. The van der Waals surface area contributed by atoms with Crippen molar-refractivity contribution in [1.29, 1.82) is 0 Å². The molecule has 0 aliphatic carbocycles. The summed E-state index contributed by atoms with van der Waals surface area (Å²) in [7, 11) is -4.28. The van der Waals surface area contributed by atoms with Gasteiger partial charge in [0.05, 0.1) is 29.3 Å². The summed E-state index contributed by atoms with van der Waals surface area (Å²) in [5.41, 5.74) is 0.494. The number of benzene rings is 2. The van der Waals surface area contributed by atoms with Crippen LogP contribution in [0.4, 0.5) is 5.69 Å². The van der Waals surface area contributed by atoms with Gasteiger partial charge in [0.25, 0.3) is 5.91 Å². The fraction of sp³-hybridized carbons (Fsp3) is 0.348. The monoisotopic (exact) mass is 526 g/mol. The number of imide groups is 1. The minimum Gasteiger partial charge on any atom is -0.462 e. The molecule has 1 fully saturated rings. The minimum absolute atomic E-state index is 0.0408. The number of halogens is 2. The van der Waals surface area contributed by atoms with Crippen LogP contribution in [0.5, 0.6) is 0 Å². The summed E-state index contributed by atoms with van der Waals surface area (Å²) in [6, 6.07) is 7.96. The second-order valence-electron chi connectivity index (χ2n) is 7.72. The van der Waals surface area contributed by atoms with Crippen molar-refractivity contribution in [3.05, 3.63) is 58.1 Å². The van der Waals surface area contributed by atoms with Crippen molar-refractivity contribution in [3.63, 3.8) is 0 Å². The Morgan fingerprint density at radius 2 is 1.79 bits per heavy atom. The lowest BCUT2D eigenvalue weighted by atomic mass is 10.2. The smallest absolute Gasteiger partial charge is 0.338 e. The summed E-state index contributed by atoms with van der Waals surface area (Å²) in [6.07, 6.45) is 0.0594. The standard InChI is InChI=1S/C23H24Cl2N2O6S/c1-4-14(3)27(34(31,32)20-12-16(24)8-11-18(20)25)19-13-21(28)26(22(19)29)17-9-6-15(7-10-17)23(30)33-5-2/h6-12,14,19H,4-5,13H2,1-3H3. The molecule has 3 rings (SSSR count). The first-order chi connectivity index (χ1) is 16.0. The number of nitrogens with zero attached hydrogens (tertiary/aromatic N) is 2. The van der Waals surface area contributed by atoms with Gasteiger partial charge in [0.2, 0.25) is 15.9 Å². The molecule has 1 saturated heterocycles. The maximum Gasteiger partial charge on any atom is 0.338 e. The van der Waals surface area contributed by atoms with Crippen molar-refractivity contribution in [3.8, 4) is 0 Å². The molecule has 2 aromatic rings. The van der Waals surface area contributed by atoms with Gasteiger partial charge in [-0.1, -0.05) is 30.1 Å². The Morgan fingerprint density at radius 1 is 1.15 bits per heavy atom. The minimum atomic E-state index is -4.28. The molecule has 0 radical (unpaired) electrons. The van der Waals surface area contributed by atoms with E-state index in [0.29, 0.717) is 6.42 Å². The van der Waals surface area contributed by atoms with Crippen LogP contribution in [-0.4, -0.2) is 49.2 Å². The summed E-state index contributed by atoms with van der Waals surface area (Å²) in [4.78, 5) is 38.8. The highest BCUT2D eigenvalue weighted by atomic mass is 35.5. The van der Waals surface area contributed by atoms with E-state index < -0.39 is 39.9 Å². The van der Waals surface area contributed by atoms with Crippen LogP contribution in [0.25, 0.3) is 0 Å². The maximum absolute atomic E-state index is 13.6. The summed E-state index contributed by atoms with van der Waals surface area (Å²) in [6.45, 7) is 5.33. The summed E-state index contributed by atoms with van der Waals surface area (Å²) in [5, 5.41) is 0.130. The molecule has 1 heterocycles. The molecule has 2 unspecified atom stereocenters. The highest BCUT2D eigenvalue weighted by Gasteiger charge is 2.48. The summed E-state index contributed by atoms with van der Waals surface area (Å²) < 4.78 is 33.2. The van der Waals surface area contributed by atoms with Gasteiger partial charge in [0.1, 0.15) is 10.9 Å². The predicted octanol–water partition coefficient (Wildman–Crippen LogP) is 4.29. The van der Waals surface area contributed by atoms with Crippen LogP contribution in [0.15, 0.2) is 47.4 Å². The third kappa shape index (κ3) is 4.98. The van der Waals surface area contributed by atoms with E-state index in [4.69, 9.17) is 27.9 Å². The number of carbonyl (C=O) groups excluding carboxylic acids is 3. The number of sulfonamides is 1. The molecule has 2 aromatic carbocycles. The van der Waals surface area contributed by atoms with Crippen LogP contribution in [-0.2, 0) is 24.3 Å². The zero-order valence-corrected chi connectivity index (χ0v) is 21.2. The van der Waals surface area contributed by atoms with Gasteiger partial charge in [-0.2, -0.15) is 4.31 Å². The average molecular weight is 527 g/mol. The van der Waals surface area contributed by atoms with Gasteiger partial charge in [-0.05, 0) is 62.7 Å². The van der Waals surface area contributed by atoms with Crippen molar-refractivity contribution in [2.75, 3.05) is 11.5 Å². The van der Waals surface area contributed by atoms with E-state index in [1.165, 1.54) is 42.5 Å². The quantitative estimate of drug-likeness (QED) is 0.375. The molecular formula is C23H24Cl2N2O6S. The van der Waals surface area contributed by atoms with E-state index in [9.17, 15) is 22.8 Å². The second-order valence-corrected chi connectivity index (χ2v) is 10.4. The van der Waals surface area contributed by atoms with Gasteiger partial charge in [-0.15, -0.1) is 0 Å². The van der Waals surface area contributed by atoms with Crippen LogP contribution in [0.3, 0.4) is 0 Å². The number of rotatable bonds is 8. The molecule has 1 aliphatic heterocycles. The Balaban J connectivity index is 1.99. The van der Waals surface area contributed by atoms with Crippen LogP contribution < -0.4 is 4.90 Å². The van der Waals surface area contributed by atoms with Gasteiger partial charge >= 0.3 is 5.97 Å². The number of carbonyl (C=O) groups is 3. The van der Waals surface area contributed by atoms with E-state index in [2.05, 4.69) is 0 Å². The highest BCUT2D eigenvalue weighted by molar-refractivity contribution is 7.89. The van der Waals surface area contributed by atoms with Crippen molar-refractivity contribution in [1.82, 2.24) is 4.31 Å². The maximum atomic E-state index is 13.6. The number of hydrogen-bond donors (Lipinski definition) is 0. The normalized spacial score (nSPS) is 17.4. The predicted molar refractivity (Wildman–Crippen MR) is 129 cm³/mol. The summed E-state index contributed by atoms with van der Waals surface area (Å²) >= 11 is 12.2. The van der Waals surface area contributed by atoms with E-state index in [1.54, 1.807) is 20.8 Å². The molecule has 34 heavy (non-hydrogen) atoms. The van der Waals surface area contributed by atoms with Crippen LogP contribution >= 0.6 is 23.2 Å². The Hall–Kier alpha value is -2.46.